The molecule has 2 rings (SSSR count). The van der Waals surface area contributed by atoms with Gasteiger partial charge in [-0.15, -0.1) is 22.7 Å². The van der Waals surface area contributed by atoms with Gasteiger partial charge in [0.1, 0.15) is 4.21 Å². The largest absolute Gasteiger partial charge is 0.316 e. The number of hydrogen-bond donors (Lipinski definition) is 2. The number of aryl methyl sites for hydroxylation is 2. The molecule has 0 radical (unpaired) electrons. The van der Waals surface area contributed by atoms with Gasteiger partial charge in [0.15, 0.2) is 0 Å². The van der Waals surface area contributed by atoms with E-state index in [1.165, 1.54) is 21.8 Å². The number of thiophene rings is 2. The Hall–Kier alpha value is -0.730. The van der Waals surface area contributed by atoms with E-state index in [4.69, 9.17) is 0 Å². The molecule has 4 nitrogen and oxygen atoms in total. The van der Waals surface area contributed by atoms with E-state index in [9.17, 15) is 8.42 Å². The Kier molecular flexibility index (Phi) is 4.98. The summed E-state index contributed by atoms with van der Waals surface area (Å²) in [5.41, 5.74) is 2.19. The molecule has 2 aromatic heterocycles. The van der Waals surface area contributed by atoms with Crippen molar-refractivity contribution in [3.05, 3.63) is 38.4 Å². The SMILES string of the molecule is CNCc1csc(S(=O)(=O)NCc2cc(C)c(C)s2)c1. The molecule has 7 heteroatoms. The lowest BCUT2D eigenvalue weighted by molar-refractivity contribution is 0.584. The van der Waals surface area contributed by atoms with Crippen LogP contribution in [0.3, 0.4) is 0 Å². The molecule has 0 atom stereocenters. The zero-order valence-electron chi connectivity index (χ0n) is 11.7. The van der Waals surface area contributed by atoms with Crippen LogP contribution >= 0.6 is 22.7 Å². The highest BCUT2D eigenvalue weighted by molar-refractivity contribution is 7.91. The summed E-state index contributed by atoms with van der Waals surface area (Å²) in [4.78, 5) is 2.27. The van der Waals surface area contributed by atoms with Crippen LogP contribution in [0.15, 0.2) is 21.7 Å². The van der Waals surface area contributed by atoms with Gasteiger partial charge in [-0.05, 0) is 49.5 Å². The van der Waals surface area contributed by atoms with Crippen molar-refractivity contribution < 1.29 is 8.42 Å². The van der Waals surface area contributed by atoms with Crippen molar-refractivity contribution in [3.8, 4) is 0 Å². The smallest absolute Gasteiger partial charge is 0.250 e. The summed E-state index contributed by atoms with van der Waals surface area (Å²) in [6.45, 7) is 5.10. The van der Waals surface area contributed by atoms with E-state index < -0.39 is 10.0 Å². The van der Waals surface area contributed by atoms with Gasteiger partial charge >= 0.3 is 0 Å². The molecule has 2 aromatic rings. The molecule has 110 valence electrons. The van der Waals surface area contributed by atoms with Gasteiger partial charge in [-0.1, -0.05) is 0 Å². The van der Waals surface area contributed by atoms with Gasteiger partial charge in [0.2, 0.25) is 10.0 Å². The van der Waals surface area contributed by atoms with E-state index in [1.54, 1.807) is 17.4 Å². The average molecular weight is 330 g/mol. The fourth-order valence-corrected chi connectivity index (χ4v) is 5.11. The molecule has 2 heterocycles. The first-order valence-corrected chi connectivity index (χ1v) is 9.38. The van der Waals surface area contributed by atoms with Crippen molar-refractivity contribution >= 4 is 32.7 Å². The van der Waals surface area contributed by atoms with Crippen molar-refractivity contribution in [2.45, 2.75) is 31.1 Å². The number of rotatable bonds is 6. The topological polar surface area (TPSA) is 58.2 Å². The maximum atomic E-state index is 12.2. The van der Waals surface area contributed by atoms with Gasteiger partial charge in [-0.2, -0.15) is 0 Å². The van der Waals surface area contributed by atoms with E-state index >= 15 is 0 Å². The van der Waals surface area contributed by atoms with Crippen LogP contribution in [-0.2, 0) is 23.1 Å². The van der Waals surface area contributed by atoms with Gasteiger partial charge in [0.25, 0.3) is 0 Å². The van der Waals surface area contributed by atoms with E-state index in [1.807, 2.05) is 32.3 Å². The minimum atomic E-state index is -3.41. The second-order valence-corrected chi connectivity index (χ2v) is 8.83. The lowest BCUT2D eigenvalue weighted by atomic mass is 10.3. The molecule has 0 amide bonds. The zero-order chi connectivity index (χ0) is 14.8. The Morgan fingerprint density at radius 2 is 1.95 bits per heavy atom. The third-order valence-corrected chi connectivity index (χ3v) is 6.97. The predicted octanol–water partition coefficient (Wildman–Crippen LogP) is 2.62. The van der Waals surface area contributed by atoms with Crippen LogP contribution in [0.25, 0.3) is 0 Å². The number of hydrogen-bond acceptors (Lipinski definition) is 5. The quantitative estimate of drug-likeness (QED) is 0.856. The monoisotopic (exact) mass is 330 g/mol. The predicted molar refractivity (Wildman–Crippen MR) is 84.9 cm³/mol. The van der Waals surface area contributed by atoms with Gasteiger partial charge in [-0.25, -0.2) is 13.1 Å². The van der Waals surface area contributed by atoms with Crippen LogP contribution in [0, 0.1) is 13.8 Å². The number of nitrogens with one attached hydrogen (secondary N) is 2. The molecule has 0 aliphatic heterocycles. The average Bonchev–Trinajstić information content (AvgIpc) is 2.96. The lowest BCUT2D eigenvalue weighted by Crippen LogP contribution is -2.21. The Morgan fingerprint density at radius 1 is 1.20 bits per heavy atom. The highest BCUT2D eigenvalue weighted by Crippen LogP contribution is 2.23. The molecule has 0 bridgehead atoms. The summed E-state index contributed by atoms with van der Waals surface area (Å²) < 4.78 is 27.4. The Morgan fingerprint density at radius 3 is 2.55 bits per heavy atom. The summed E-state index contributed by atoms with van der Waals surface area (Å²) in [7, 11) is -1.57. The van der Waals surface area contributed by atoms with Crippen molar-refractivity contribution in [1.29, 1.82) is 0 Å². The second kappa shape index (κ2) is 6.36. The first-order chi connectivity index (χ1) is 9.42. The summed E-state index contributed by atoms with van der Waals surface area (Å²) in [6, 6.07) is 3.75. The van der Waals surface area contributed by atoms with E-state index in [2.05, 4.69) is 10.0 Å². The molecule has 2 N–H and O–H groups in total. The van der Waals surface area contributed by atoms with Gasteiger partial charge in [0.05, 0.1) is 0 Å². The Labute approximate surface area is 127 Å². The number of sulfonamides is 1. The highest BCUT2D eigenvalue weighted by atomic mass is 32.2. The minimum Gasteiger partial charge on any atom is -0.316 e. The maximum absolute atomic E-state index is 12.2. The van der Waals surface area contributed by atoms with E-state index in [0.29, 0.717) is 17.3 Å². The normalized spacial score (nSPS) is 11.9. The molecule has 0 aliphatic carbocycles. The molecule has 0 aliphatic rings. The van der Waals surface area contributed by atoms with Crippen molar-refractivity contribution in [2.24, 2.45) is 0 Å². The lowest BCUT2D eigenvalue weighted by Gasteiger charge is -2.02. The molecule has 20 heavy (non-hydrogen) atoms. The summed E-state index contributed by atoms with van der Waals surface area (Å²) >= 11 is 2.88. The third-order valence-electron chi connectivity index (χ3n) is 2.93. The standard InChI is InChI=1S/C13H18N2O2S3/c1-9-4-12(19-10(9)2)7-15-20(16,17)13-5-11(6-14-3)8-18-13/h4-5,8,14-15H,6-7H2,1-3H3. The van der Waals surface area contributed by atoms with Gasteiger partial charge in [0, 0.05) is 22.8 Å². The minimum absolute atomic E-state index is 0.348. The van der Waals surface area contributed by atoms with Crippen LogP contribution in [0.2, 0.25) is 0 Å². The molecular formula is C13H18N2O2S3. The van der Waals surface area contributed by atoms with E-state index in [-0.39, 0.29) is 0 Å². The summed E-state index contributed by atoms with van der Waals surface area (Å²) in [5, 5.41) is 4.87. The van der Waals surface area contributed by atoms with Crippen molar-refractivity contribution in [2.75, 3.05) is 7.05 Å². The molecule has 0 fully saturated rings. The maximum Gasteiger partial charge on any atom is 0.250 e. The fourth-order valence-electron chi connectivity index (χ4n) is 1.77. The Bertz CT molecular complexity index is 667. The van der Waals surface area contributed by atoms with Gasteiger partial charge in [-0.3, -0.25) is 0 Å². The fraction of sp³-hybridized carbons (Fsp3) is 0.385. The van der Waals surface area contributed by atoms with Crippen molar-refractivity contribution in [3.63, 3.8) is 0 Å². The van der Waals surface area contributed by atoms with Crippen LogP contribution in [0.4, 0.5) is 0 Å². The van der Waals surface area contributed by atoms with Crippen LogP contribution in [0.5, 0.6) is 0 Å². The molecular weight excluding hydrogens is 312 g/mol. The summed E-state index contributed by atoms with van der Waals surface area (Å²) in [5.74, 6) is 0. The van der Waals surface area contributed by atoms with E-state index in [0.717, 1.165) is 10.4 Å². The highest BCUT2D eigenvalue weighted by Gasteiger charge is 2.17. The van der Waals surface area contributed by atoms with Crippen molar-refractivity contribution in [1.82, 2.24) is 10.0 Å². The Balaban J connectivity index is 2.06. The third kappa shape index (κ3) is 3.67. The van der Waals surface area contributed by atoms with Crippen LogP contribution < -0.4 is 10.0 Å². The molecule has 0 saturated carbocycles. The summed E-state index contributed by atoms with van der Waals surface area (Å²) in [6.07, 6.45) is 0. The van der Waals surface area contributed by atoms with Gasteiger partial charge < -0.3 is 5.32 Å². The molecule has 0 spiro atoms. The van der Waals surface area contributed by atoms with Crippen LogP contribution in [0.1, 0.15) is 20.9 Å². The first kappa shape index (κ1) is 15.7. The molecule has 0 aromatic carbocycles. The molecule has 0 unspecified atom stereocenters. The molecule has 0 saturated heterocycles. The first-order valence-electron chi connectivity index (χ1n) is 6.20. The van der Waals surface area contributed by atoms with Crippen LogP contribution in [-0.4, -0.2) is 15.5 Å². The second-order valence-electron chi connectivity index (χ2n) is 4.58. The zero-order valence-corrected chi connectivity index (χ0v) is 14.1.